The fourth-order valence-corrected chi connectivity index (χ4v) is 2.14. The molecule has 20 heavy (non-hydrogen) atoms. The summed E-state index contributed by atoms with van der Waals surface area (Å²) in [6.45, 7) is 2.06. The number of nitrogens with one attached hydrogen (secondary N) is 1. The second kappa shape index (κ2) is 6.87. The summed E-state index contributed by atoms with van der Waals surface area (Å²) >= 11 is 0. The zero-order valence-corrected chi connectivity index (χ0v) is 11.7. The summed E-state index contributed by atoms with van der Waals surface area (Å²) in [4.78, 5) is 12.1. The number of benzene rings is 2. The van der Waals surface area contributed by atoms with E-state index in [1.54, 1.807) is 0 Å². The van der Waals surface area contributed by atoms with Crippen molar-refractivity contribution in [2.75, 3.05) is 5.32 Å². The number of carbonyl (C=O) groups is 1. The quantitative estimate of drug-likeness (QED) is 0.876. The topological polar surface area (TPSA) is 55.1 Å². The van der Waals surface area contributed by atoms with E-state index in [4.69, 9.17) is 5.73 Å². The van der Waals surface area contributed by atoms with Gasteiger partial charge in [-0.1, -0.05) is 55.5 Å². The molecule has 0 heterocycles. The van der Waals surface area contributed by atoms with Gasteiger partial charge < -0.3 is 11.1 Å². The Morgan fingerprint density at radius 3 is 2.45 bits per heavy atom. The Kier molecular flexibility index (Phi) is 4.91. The van der Waals surface area contributed by atoms with Gasteiger partial charge in [0.05, 0.1) is 6.04 Å². The van der Waals surface area contributed by atoms with Gasteiger partial charge in [-0.25, -0.2) is 0 Å². The van der Waals surface area contributed by atoms with Crippen molar-refractivity contribution in [2.45, 2.75) is 25.8 Å². The zero-order valence-electron chi connectivity index (χ0n) is 11.7. The number of anilines is 1. The predicted molar refractivity (Wildman–Crippen MR) is 82.6 cm³/mol. The predicted octanol–water partition coefficient (Wildman–Crippen LogP) is 2.76. The van der Waals surface area contributed by atoms with Gasteiger partial charge in [0.25, 0.3) is 0 Å². The van der Waals surface area contributed by atoms with Crippen molar-refractivity contribution in [2.24, 2.45) is 5.73 Å². The average molecular weight is 268 g/mol. The SMILES string of the molecule is CCc1ccccc1NC(=O)[C@H](N)Cc1ccccc1. The van der Waals surface area contributed by atoms with Crippen LogP contribution in [-0.4, -0.2) is 11.9 Å². The first-order valence-electron chi connectivity index (χ1n) is 6.89. The lowest BCUT2D eigenvalue weighted by Crippen LogP contribution is -2.37. The number of nitrogens with two attached hydrogens (primary N) is 1. The van der Waals surface area contributed by atoms with Gasteiger partial charge in [0.2, 0.25) is 5.91 Å². The molecule has 0 aliphatic carbocycles. The van der Waals surface area contributed by atoms with E-state index in [0.717, 1.165) is 23.2 Å². The van der Waals surface area contributed by atoms with Crippen molar-refractivity contribution >= 4 is 11.6 Å². The lowest BCUT2D eigenvalue weighted by molar-refractivity contribution is -0.117. The highest BCUT2D eigenvalue weighted by molar-refractivity contribution is 5.95. The molecule has 0 unspecified atom stereocenters. The van der Waals surface area contributed by atoms with Crippen LogP contribution in [0, 0.1) is 0 Å². The summed E-state index contributed by atoms with van der Waals surface area (Å²) in [6, 6.07) is 17.1. The van der Waals surface area contributed by atoms with Crippen LogP contribution in [0.1, 0.15) is 18.1 Å². The Hall–Kier alpha value is -2.13. The molecule has 0 aliphatic rings. The molecule has 0 aliphatic heterocycles. The molecular formula is C17H20N2O. The number of aryl methyl sites for hydroxylation is 1. The van der Waals surface area contributed by atoms with Gasteiger partial charge in [-0.05, 0) is 30.0 Å². The maximum atomic E-state index is 12.1. The van der Waals surface area contributed by atoms with Crippen LogP contribution in [0.5, 0.6) is 0 Å². The minimum atomic E-state index is -0.540. The minimum Gasteiger partial charge on any atom is -0.324 e. The second-order valence-corrected chi connectivity index (χ2v) is 4.80. The number of carbonyl (C=O) groups excluding carboxylic acids is 1. The third-order valence-electron chi connectivity index (χ3n) is 3.29. The van der Waals surface area contributed by atoms with E-state index < -0.39 is 6.04 Å². The van der Waals surface area contributed by atoms with Crippen LogP contribution >= 0.6 is 0 Å². The van der Waals surface area contributed by atoms with Gasteiger partial charge in [0, 0.05) is 5.69 Å². The van der Waals surface area contributed by atoms with Crippen LogP contribution in [0.25, 0.3) is 0 Å². The molecule has 0 bridgehead atoms. The van der Waals surface area contributed by atoms with Crippen LogP contribution in [0.3, 0.4) is 0 Å². The third kappa shape index (κ3) is 3.68. The van der Waals surface area contributed by atoms with Gasteiger partial charge in [-0.3, -0.25) is 4.79 Å². The Morgan fingerprint density at radius 2 is 1.75 bits per heavy atom. The van der Waals surface area contributed by atoms with Gasteiger partial charge in [0.1, 0.15) is 0 Å². The first-order valence-corrected chi connectivity index (χ1v) is 6.89. The van der Waals surface area contributed by atoms with E-state index in [-0.39, 0.29) is 5.91 Å². The Labute approximate surface area is 119 Å². The van der Waals surface area contributed by atoms with Crippen LogP contribution in [0.15, 0.2) is 54.6 Å². The summed E-state index contributed by atoms with van der Waals surface area (Å²) in [7, 11) is 0. The van der Waals surface area contributed by atoms with Gasteiger partial charge in [-0.15, -0.1) is 0 Å². The first-order chi connectivity index (χ1) is 9.70. The molecule has 3 heteroatoms. The van der Waals surface area contributed by atoms with Gasteiger partial charge >= 0.3 is 0 Å². The van der Waals surface area contributed by atoms with E-state index in [0.29, 0.717) is 6.42 Å². The maximum absolute atomic E-state index is 12.1. The molecule has 3 N–H and O–H groups in total. The van der Waals surface area contributed by atoms with Crippen LogP contribution in [0.2, 0.25) is 0 Å². The molecular weight excluding hydrogens is 248 g/mol. The van der Waals surface area contributed by atoms with Crippen LogP contribution in [-0.2, 0) is 17.6 Å². The third-order valence-corrected chi connectivity index (χ3v) is 3.29. The van der Waals surface area contributed by atoms with E-state index in [1.807, 2.05) is 54.6 Å². The van der Waals surface area contributed by atoms with Gasteiger partial charge in [0.15, 0.2) is 0 Å². The summed E-state index contributed by atoms with van der Waals surface area (Å²) in [5.74, 6) is -0.144. The summed E-state index contributed by atoms with van der Waals surface area (Å²) in [5, 5.41) is 2.92. The maximum Gasteiger partial charge on any atom is 0.241 e. The number of hydrogen-bond donors (Lipinski definition) is 2. The number of amides is 1. The highest BCUT2D eigenvalue weighted by Gasteiger charge is 2.15. The molecule has 0 radical (unpaired) electrons. The molecule has 0 fully saturated rings. The molecule has 0 saturated heterocycles. The van der Waals surface area contributed by atoms with Crippen molar-refractivity contribution in [3.05, 3.63) is 65.7 Å². The molecule has 2 aromatic rings. The van der Waals surface area contributed by atoms with E-state index in [2.05, 4.69) is 12.2 Å². The molecule has 3 nitrogen and oxygen atoms in total. The Balaban J connectivity index is 2.01. The van der Waals surface area contributed by atoms with Gasteiger partial charge in [-0.2, -0.15) is 0 Å². The van der Waals surface area contributed by atoms with E-state index >= 15 is 0 Å². The molecule has 0 spiro atoms. The van der Waals surface area contributed by atoms with E-state index in [9.17, 15) is 4.79 Å². The molecule has 104 valence electrons. The molecule has 1 atom stereocenters. The van der Waals surface area contributed by atoms with Crippen molar-refractivity contribution in [3.63, 3.8) is 0 Å². The zero-order chi connectivity index (χ0) is 14.4. The molecule has 0 saturated carbocycles. The Morgan fingerprint density at radius 1 is 1.10 bits per heavy atom. The van der Waals surface area contributed by atoms with Crippen molar-refractivity contribution in [1.29, 1.82) is 0 Å². The van der Waals surface area contributed by atoms with Crippen molar-refractivity contribution in [1.82, 2.24) is 0 Å². The molecule has 2 rings (SSSR count). The van der Waals surface area contributed by atoms with Crippen LogP contribution < -0.4 is 11.1 Å². The molecule has 1 amide bonds. The fourth-order valence-electron chi connectivity index (χ4n) is 2.14. The summed E-state index contributed by atoms with van der Waals surface area (Å²) in [6.07, 6.45) is 1.42. The standard InChI is InChI=1S/C17H20N2O/c1-2-14-10-6-7-11-16(14)19-17(20)15(18)12-13-8-4-3-5-9-13/h3-11,15H,2,12,18H2,1H3,(H,19,20)/t15-/m1/s1. The number of hydrogen-bond acceptors (Lipinski definition) is 2. The number of para-hydroxylation sites is 1. The van der Waals surface area contributed by atoms with E-state index in [1.165, 1.54) is 0 Å². The normalized spacial score (nSPS) is 11.9. The second-order valence-electron chi connectivity index (χ2n) is 4.80. The molecule has 0 aromatic heterocycles. The smallest absolute Gasteiger partial charge is 0.241 e. The van der Waals surface area contributed by atoms with Crippen molar-refractivity contribution in [3.8, 4) is 0 Å². The lowest BCUT2D eigenvalue weighted by Gasteiger charge is -2.14. The number of rotatable bonds is 5. The highest BCUT2D eigenvalue weighted by atomic mass is 16.2. The monoisotopic (exact) mass is 268 g/mol. The lowest BCUT2D eigenvalue weighted by atomic mass is 10.1. The average Bonchev–Trinajstić information content (AvgIpc) is 2.48. The molecule has 2 aromatic carbocycles. The highest BCUT2D eigenvalue weighted by Crippen LogP contribution is 2.15. The largest absolute Gasteiger partial charge is 0.324 e. The Bertz CT molecular complexity index is 566. The fraction of sp³-hybridized carbons (Fsp3) is 0.235. The minimum absolute atomic E-state index is 0.144. The van der Waals surface area contributed by atoms with Crippen molar-refractivity contribution < 1.29 is 4.79 Å². The summed E-state index contributed by atoms with van der Waals surface area (Å²) in [5.41, 5.74) is 9.01. The summed E-state index contributed by atoms with van der Waals surface area (Å²) < 4.78 is 0. The van der Waals surface area contributed by atoms with Crippen LogP contribution in [0.4, 0.5) is 5.69 Å². The first kappa shape index (κ1) is 14.3.